The number of halogens is 1. The van der Waals surface area contributed by atoms with Gasteiger partial charge in [0.1, 0.15) is 10.7 Å². The quantitative estimate of drug-likeness (QED) is 0.307. The molecule has 3 aromatic heterocycles. The molecule has 3 heterocycles. The number of nitrogens with two attached hydrogens (primary N) is 1. The molecule has 1 aliphatic carbocycles. The first kappa shape index (κ1) is 25.7. The number of carbonyl (C=O) groups is 1. The van der Waals surface area contributed by atoms with Crippen molar-refractivity contribution in [1.29, 1.82) is 5.26 Å². The van der Waals surface area contributed by atoms with Gasteiger partial charge in [0.25, 0.3) is 0 Å². The van der Waals surface area contributed by atoms with Crippen molar-refractivity contribution in [3.05, 3.63) is 40.5 Å². The van der Waals surface area contributed by atoms with Crippen LogP contribution in [0.1, 0.15) is 51.5 Å². The van der Waals surface area contributed by atoms with Crippen LogP contribution in [0.15, 0.2) is 33.4 Å². The molecule has 0 radical (unpaired) electrons. The third kappa shape index (κ3) is 4.61. The fourth-order valence-electron chi connectivity index (χ4n) is 4.71. The molecule has 1 aliphatic rings. The van der Waals surface area contributed by atoms with Gasteiger partial charge < -0.3 is 20.8 Å². The molecule has 5 rings (SSSR count). The van der Waals surface area contributed by atoms with Gasteiger partial charge in [-0.15, -0.1) is 10.2 Å². The number of hydrogen-bond acceptors (Lipinski definition) is 10. The largest absolute Gasteiger partial charge is 0.419 e. The molecule has 4 N–H and O–H groups in total. The average Bonchev–Trinajstić information content (AvgIpc) is 3.61. The van der Waals surface area contributed by atoms with E-state index in [0.29, 0.717) is 44.8 Å². The maximum absolute atomic E-state index is 12.3. The van der Waals surface area contributed by atoms with Crippen LogP contribution in [0, 0.1) is 16.7 Å². The minimum Gasteiger partial charge on any atom is -0.419 e. The van der Waals surface area contributed by atoms with Gasteiger partial charge in [-0.2, -0.15) is 15.3 Å². The van der Waals surface area contributed by atoms with Crippen molar-refractivity contribution in [1.82, 2.24) is 35.3 Å². The smallest absolute Gasteiger partial charge is 0.249 e. The Kier molecular flexibility index (Phi) is 6.40. The Balaban J connectivity index is 1.47. The summed E-state index contributed by atoms with van der Waals surface area (Å²) in [5.74, 6) is 0.969. The summed E-state index contributed by atoms with van der Waals surface area (Å²) in [5, 5.41) is 29.4. The second kappa shape index (κ2) is 9.45. The fourth-order valence-corrected chi connectivity index (χ4v) is 5.15. The van der Waals surface area contributed by atoms with E-state index in [1.165, 1.54) is 0 Å². The lowest BCUT2D eigenvalue weighted by molar-refractivity contribution is -0.129. The fraction of sp³-hybridized carbons (Fsp3) is 0.400. The lowest BCUT2D eigenvalue weighted by Gasteiger charge is -2.22. The average molecular weight is 579 g/mol. The summed E-state index contributed by atoms with van der Waals surface area (Å²) >= 11 is 3.49. The second-order valence-electron chi connectivity index (χ2n) is 10.3. The first-order chi connectivity index (χ1) is 18.0. The summed E-state index contributed by atoms with van der Waals surface area (Å²) in [4.78, 5) is 21.5. The number of aromatic nitrogens is 6. The molecule has 0 spiro atoms. The lowest BCUT2D eigenvalue weighted by Crippen LogP contribution is -2.35. The van der Waals surface area contributed by atoms with Crippen LogP contribution < -0.4 is 16.4 Å². The third-order valence-corrected chi connectivity index (χ3v) is 7.39. The maximum Gasteiger partial charge on any atom is 0.249 e. The summed E-state index contributed by atoms with van der Waals surface area (Å²) in [7, 11) is 1.66. The Labute approximate surface area is 227 Å². The van der Waals surface area contributed by atoms with Crippen LogP contribution in [0.25, 0.3) is 28.2 Å². The van der Waals surface area contributed by atoms with E-state index in [1.54, 1.807) is 50.0 Å². The molecule has 1 amide bonds. The van der Waals surface area contributed by atoms with Gasteiger partial charge in [0.05, 0.1) is 27.7 Å². The van der Waals surface area contributed by atoms with E-state index in [2.05, 4.69) is 52.9 Å². The minimum atomic E-state index is -0.802. The van der Waals surface area contributed by atoms with Gasteiger partial charge in [-0.05, 0) is 67.2 Å². The molecule has 0 bridgehead atoms. The molecule has 2 atom stereocenters. The molecule has 13 heteroatoms. The molecule has 0 aliphatic heterocycles. The van der Waals surface area contributed by atoms with Crippen LogP contribution in [-0.2, 0) is 10.3 Å². The van der Waals surface area contributed by atoms with E-state index in [-0.39, 0.29) is 23.7 Å². The molecule has 12 nitrogen and oxygen atoms in total. The van der Waals surface area contributed by atoms with Gasteiger partial charge in [0.2, 0.25) is 23.6 Å². The van der Waals surface area contributed by atoms with Gasteiger partial charge >= 0.3 is 0 Å². The highest BCUT2D eigenvalue weighted by molar-refractivity contribution is 9.10. The second-order valence-corrected chi connectivity index (χ2v) is 11.1. The molecule has 0 saturated heterocycles. The number of hydrogen-bond donors (Lipinski definition) is 3. The van der Waals surface area contributed by atoms with Crippen LogP contribution in [0.5, 0.6) is 0 Å². The molecular formula is C25H27BrN10O2. The van der Waals surface area contributed by atoms with Crippen molar-refractivity contribution in [2.24, 2.45) is 11.1 Å². The Bertz CT molecular complexity index is 1580. The Morgan fingerprint density at radius 3 is 2.84 bits per heavy atom. The van der Waals surface area contributed by atoms with E-state index in [4.69, 9.17) is 15.1 Å². The summed E-state index contributed by atoms with van der Waals surface area (Å²) < 4.78 is 7.94. The van der Waals surface area contributed by atoms with Crippen molar-refractivity contribution < 1.29 is 9.21 Å². The summed E-state index contributed by atoms with van der Waals surface area (Å²) in [5.41, 5.74) is 6.84. The number of benzene rings is 1. The van der Waals surface area contributed by atoms with Crippen molar-refractivity contribution in [3.8, 4) is 23.2 Å². The number of nitrogens with one attached hydrogen (secondary N) is 2. The van der Waals surface area contributed by atoms with Crippen molar-refractivity contribution in [2.75, 3.05) is 12.4 Å². The number of rotatable bonds is 6. The van der Waals surface area contributed by atoms with Crippen molar-refractivity contribution >= 4 is 38.8 Å². The van der Waals surface area contributed by atoms with Crippen LogP contribution >= 0.6 is 15.9 Å². The van der Waals surface area contributed by atoms with E-state index in [9.17, 15) is 10.1 Å². The molecule has 1 saturated carbocycles. The number of anilines is 1. The van der Waals surface area contributed by atoms with Crippen LogP contribution in [-0.4, -0.2) is 48.9 Å². The summed E-state index contributed by atoms with van der Waals surface area (Å²) in [6.45, 7) is 5.50. The number of nitrogens with zero attached hydrogens (tertiary/aromatic N) is 7. The van der Waals surface area contributed by atoms with E-state index < -0.39 is 11.0 Å². The zero-order chi connectivity index (χ0) is 27.2. The van der Waals surface area contributed by atoms with E-state index >= 15 is 0 Å². The van der Waals surface area contributed by atoms with Crippen molar-refractivity contribution in [2.45, 2.75) is 51.6 Å². The molecule has 196 valence electrons. The zero-order valence-electron chi connectivity index (χ0n) is 21.4. The van der Waals surface area contributed by atoms with Gasteiger partial charge in [-0.1, -0.05) is 6.92 Å². The third-order valence-electron chi connectivity index (χ3n) is 6.80. The van der Waals surface area contributed by atoms with E-state index in [1.807, 2.05) is 6.92 Å². The predicted octanol–water partition coefficient (Wildman–Crippen LogP) is 3.41. The lowest BCUT2D eigenvalue weighted by atomic mass is 9.87. The first-order valence-electron chi connectivity index (χ1n) is 12.1. The van der Waals surface area contributed by atoms with Crippen LogP contribution in [0.3, 0.4) is 0 Å². The highest BCUT2D eigenvalue weighted by Gasteiger charge is 2.41. The maximum atomic E-state index is 12.3. The van der Waals surface area contributed by atoms with E-state index in [0.717, 1.165) is 12.8 Å². The molecule has 4 aromatic rings. The number of nitriles is 1. The standard InChI is InChI=1S/C25H27BrN10O2/c1-24(2,28)22-34-33-20(38-22)16-6-5-15(9-13(16)11-27)36-19-17(18(26)35-36)12-30-23(32-19)31-14-7-8-25(3,10-14)21(37)29-4/h5-6,9,12,14H,7-8,10,28H2,1-4H3,(H,29,37)(H,30,31,32)/t14-,25-/m1/s1. The normalized spacial score (nSPS) is 19.4. The molecule has 38 heavy (non-hydrogen) atoms. The van der Waals surface area contributed by atoms with Crippen molar-refractivity contribution in [3.63, 3.8) is 0 Å². The minimum absolute atomic E-state index is 0.0421. The topological polar surface area (TPSA) is 173 Å². The summed E-state index contributed by atoms with van der Waals surface area (Å²) in [6.07, 6.45) is 3.99. The Morgan fingerprint density at radius 2 is 2.16 bits per heavy atom. The first-order valence-corrected chi connectivity index (χ1v) is 12.9. The number of carbonyl (C=O) groups excluding carboxylic acids is 1. The molecular weight excluding hydrogens is 552 g/mol. The van der Waals surface area contributed by atoms with Gasteiger partial charge in [-0.3, -0.25) is 4.79 Å². The summed E-state index contributed by atoms with van der Waals surface area (Å²) in [6, 6.07) is 7.48. The number of amides is 1. The monoisotopic (exact) mass is 578 g/mol. The highest BCUT2D eigenvalue weighted by atomic mass is 79.9. The zero-order valence-corrected chi connectivity index (χ0v) is 23.0. The SMILES string of the molecule is CNC(=O)[C@]1(C)CC[C@@H](Nc2ncc3c(Br)nn(-c4ccc(-c5nnc(C(C)(C)N)o5)c(C#N)c4)c3n2)C1. The Morgan fingerprint density at radius 1 is 1.37 bits per heavy atom. The van der Waals surface area contributed by atoms with Gasteiger partial charge in [-0.25, -0.2) is 9.67 Å². The highest BCUT2D eigenvalue weighted by Crippen LogP contribution is 2.39. The van der Waals surface area contributed by atoms with Gasteiger partial charge in [0, 0.05) is 24.7 Å². The van der Waals surface area contributed by atoms with Gasteiger partial charge in [0.15, 0.2) is 5.65 Å². The Hall–Kier alpha value is -3.89. The molecule has 1 aromatic carbocycles. The predicted molar refractivity (Wildman–Crippen MR) is 143 cm³/mol. The number of fused-ring (bicyclic) bond motifs is 1. The van der Waals surface area contributed by atoms with Crippen LogP contribution in [0.4, 0.5) is 5.95 Å². The molecule has 0 unspecified atom stereocenters. The van der Waals surface area contributed by atoms with Crippen LogP contribution in [0.2, 0.25) is 0 Å². The molecule has 1 fully saturated rings.